The Bertz CT molecular complexity index is 2040. The summed E-state index contributed by atoms with van der Waals surface area (Å²) in [5.41, 5.74) is 2.18. The van der Waals surface area contributed by atoms with Gasteiger partial charge in [0.15, 0.2) is 11.5 Å². The van der Waals surface area contributed by atoms with Crippen LogP contribution in [0.2, 0.25) is 0 Å². The molecule has 228 valence electrons. The van der Waals surface area contributed by atoms with Crippen LogP contribution in [0.1, 0.15) is 36.8 Å². The van der Waals surface area contributed by atoms with Crippen LogP contribution in [0.15, 0.2) is 53.8 Å². The predicted molar refractivity (Wildman–Crippen MR) is 164 cm³/mol. The molecule has 0 saturated heterocycles. The van der Waals surface area contributed by atoms with E-state index in [9.17, 15) is 17.6 Å². The monoisotopic (exact) mass is 616 g/mol. The number of benzene rings is 1. The highest BCUT2D eigenvalue weighted by molar-refractivity contribution is 7.90. The van der Waals surface area contributed by atoms with Crippen LogP contribution in [-0.2, 0) is 26.6 Å². The zero-order valence-electron chi connectivity index (χ0n) is 24.9. The number of pyridine rings is 1. The number of hydrogen-bond acceptors (Lipinski definition) is 8. The molecular formula is C32H33FN6O4S. The largest absolute Gasteiger partial charge is 0.469 e. The Hall–Kier alpha value is -4.32. The first-order valence-electron chi connectivity index (χ1n) is 14.7. The number of halogens is 1. The minimum atomic E-state index is -4.09. The second-order valence-electron chi connectivity index (χ2n) is 12.0. The summed E-state index contributed by atoms with van der Waals surface area (Å²) in [6.45, 7) is 3.47. The molecule has 2 bridgehead atoms. The molecule has 4 aromatic heterocycles. The van der Waals surface area contributed by atoms with Gasteiger partial charge in [0.2, 0.25) is 0 Å². The Morgan fingerprint density at radius 2 is 1.73 bits per heavy atom. The van der Waals surface area contributed by atoms with E-state index in [2.05, 4.69) is 10.3 Å². The number of aromatic nitrogens is 5. The molecule has 0 aliphatic heterocycles. The van der Waals surface area contributed by atoms with E-state index in [0.717, 1.165) is 46.8 Å². The number of fused-ring (bicyclic) bond motifs is 5. The molecule has 1 N–H and O–H groups in total. The van der Waals surface area contributed by atoms with Crippen LogP contribution in [0, 0.1) is 37.4 Å². The highest BCUT2D eigenvalue weighted by Gasteiger charge is 2.48. The van der Waals surface area contributed by atoms with Gasteiger partial charge in [0, 0.05) is 36.4 Å². The van der Waals surface area contributed by atoms with Crippen LogP contribution in [0.3, 0.4) is 0 Å². The lowest BCUT2D eigenvalue weighted by Gasteiger charge is -2.47. The smallest absolute Gasteiger partial charge is 0.311 e. The summed E-state index contributed by atoms with van der Waals surface area (Å²) in [5.74, 6) is 0.171. The molecule has 3 aliphatic rings. The van der Waals surface area contributed by atoms with Crippen molar-refractivity contribution in [3.05, 3.63) is 65.9 Å². The van der Waals surface area contributed by atoms with Crippen molar-refractivity contribution in [3.8, 4) is 11.4 Å². The van der Waals surface area contributed by atoms with Gasteiger partial charge in [-0.2, -0.15) is 0 Å². The lowest BCUT2D eigenvalue weighted by Crippen LogP contribution is -2.51. The second kappa shape index (κ2) is 10.4. The number of ether oxygens (including phenoxy) is 1. The Kier molecular flexibility index (Phi) is 6.72. The Balaban J connectivity index is 1.42. The van der Waals surface area contributed by atoms with Crippen molar-refractivity contribution in [1.29, 1.82) is 0 Å². The maximum absolute atomic E-state index is 15.0. The van der Waals surface area contributed by atoms with E-state index < -0.39 is 15.8 Å². The summed E-state index contributed by atoms with van der Waals surface area (Å²) in [6, 6.07) is 8.26. The first kappa shape index (κ1) is 28.5. The quantitative estimate of drug-likeness (QED) is 0.253. The summed E-state index contributed by atoms with van der Waals surface area (Å²) in [4.78, 5) is 27.0. The Labute approximate surface area is 254 Å². The number of aryl methyl sites for hydroxylation is 3. The van der Waals surface area contributed by atoms with Crippen LogP contribution in [-0.4, -0.2) is 51.0 Å². The highest BCUT2D eigenvalue weighted by Crippen LogP contribution is 2.47. The lowest BCUT2D eigenvalue weighted by molar-refractivity contribution is -0.152. The number of carbonyl (C=O) groups excluding carboxylic acids is 1. The van der Waals surface area contributed by atoms with Crippen LogP contribution in [0.4, 0.5) is 10.2 Å². The van der Waals surface area contributed by atoms with Gasteiger partial charge in [-0.1, -0.05) is 17.7 Å². The number of anilines is 1. The average molecular weight is 617 g/mol. The average Bonchev–Trinajstić information content (AvgIpc) is 3.61. The summed E-state index contributed by atoms with van der Waals surface area (Å²) >= 11 is 0. The third kappa shape index (κ3) is 4.37. The van der Waals surface area contributed by atoms with Crippen molar-refractivity contribution in [2.75, 3.05) is 12.4 Å². The molecule has 3 aliphatic carbocycles. The van der Waals surface area contributed by atoms with Gasteiger partial charge in [0.25, 0.3) is 10.0 Å². The van der Waals surface area contributed by atoms with E-state index in [1.165, 1.54) is 25.4 Å². The molecule has 2 unspecified atom stereocenters. The van der Waals surface area contributed by atoms with Gasteiger partial charge in [0.1, 0.15) is 17.3 Å². The van der Waals surface area contributed by atoms with Gasteiger partial charge >= 0.3 is 5.97 Å². The number of methoxy groups -OCH3 is 1. The number of carbonyl (C=O) groups is 1. The first-order valence-corrected chi connectivity index (χ1v) is 16.2. The molecule has 4 heterocycles. The maximum atomic E-state index is 15.0. The first-order chi connectivity index (χ1) is 21.1. The molecule has 3 fully saturated rings. The SMILES string of the molecule is COC(=O)C1C2CCC(CC2)C1Nc1nc(-c2cn(S(=O)(=O)c3ccc(C)cc3)c3ncc(F)c(C)c23)nc2c1ccn2C. The molecule has 10 nitrogen and oxygen atoms in total. The zero-order valence-corrected chi connectivity index (χ0v) is 25.7. The van der Waals surface area contributed by atoms with Crippen molar-refractivity contribution in [2.45, 2.75) is 50.5 Å². The molecule has 5 aromatic rings. The third-order valence-electron chi connectivity index (χ3n) is 9.52. The van der Waals surface area contributed by atoms with E-state index in [1.807, 2.05) is 30.8 Å². The molecule has 2 atom stereocenters. The minimum Gasteiger partial charge on any atom is -0.469 e. The van der Waals surface area contributed by atoms with Gasteiger partial charge in [-0.3, -0.25) is 4.79 Å². The maximum Gasteiger partial charge on any atom is 0.311 e. The van der Waals surface area contributed by atoms with Gasteiger partial charge in [-0.15, -0.1) is 0 Å². The molecule has 3 saturated carbocycles. The number of esters is 1. The standard InChI is InChI=1S/C32H33FN6O4S/c1-17-5-11-21(12-6-17)44(41,42)39-16-23(25-18(2)24(33)15-34-31(25)39)29-36-28(22-13-14-38(3)30(22)37-29)35-27-20-9-7-19(8-10-20)26(27)32(40)43-4/h5-6,11-16,19-20,26-27H,7-10H2,1-4H3,(H,35,36,37). The molecular weight excluding hydrogens is 583 g/mol. The summed E-state index contributed by atoms with van der Waals surface area (Å²) < 4.78 is 50.9. The molecule has 0 spiro atoms. The number of hydrogen-bond donors (Lipinski definition) is 1. The van der Waals surface area contributed by atoms with Crippen LogP contribution in [0.5, 0.6) is 0 Å². The molecule has 8 rings (SSSR count). The molecule has 0 radical (unpaired) electrons. The molecule has 44 heavy (non-hydrogen) atoms. The topological polar surface area (TPSA) is 121 Å². The van der Waals surface area contributed by atoms with Gasteiger partial charge in [-0.05, 0) is 75.1 Å². The summed E-state index contributed by atoms with van der Waals surface area (Å²) in [5, 5.41) is 4.68. The van der Waals surface area contributed by atoms with Crippen molar-refractivity contribution >= 4 is 43.9 Å². The van der Waals surface area contributed by atoms with Gasteiger partial charge in [0.05, 0.1) is 29.5 Å². The number of rotatable bonds is 6. The fourth-order valence-electron chi connectivity index (χ4n) is 7.13. The lowest BCUT2D eigenvalue weighted by atomic mass is 9.61. The van der Waals surface area contributed by atoms with Gasteiger partial charge < -0.3 is 14.6 Å². The fourth-order valence-corrected chi connectivity index (χ4v) is 8.45. The van der Waals surface area contributed by atoms with Crippen LogP contribution in [0.25, 0.3) is 33.5 Å². The van der Waals surface area contributed by atoms with Crippen molar-refractivity contribution < 1.29 is 22.3 Å². The van der Waals surface area contributed by atoms with E-state index >= 15 is 0 Å². The summed E-state index contributed by atoms with van der Waals surface area (Å²) in [6.07, 6.45) is 8.34. The van der Waals surface area contributed by atoms with E-state index in [4.69, 9.17) is 14.7 Å². The zero-order chi connectivity index (χ0) is 30.9. The third-order valence-corrected chi connectivity index (χ3v) is 11.2. The minimum absolute atomic E-state index is 0.0812. The van der Waals surface area contributed by atoms with E-state index in [0.29, 0.717) is 22.4 Å². The van der Waals surface area contributed by atoms with Crippen LogP contribution >= 0.6 is 0 Å². The van der Waals surface area contributed by atoms with Crippen LogP contribution < -0.4 is 5.32 Å². The fraction of sp³-hybridized carbons (Fsp3) is 0.375. The van der Waals surface area contributed by atoms with Crippen molar-refractivity contribution in [2.24, 2.45) is 24.8 Å². The van der Waals surface area contributed by atoms with E-state index in [-0.39, 0.29) is 51.7 Å². The molecule has 12 heteroatoms. The molecule has 1 aromatic carbocycles. The number of nitrogens with zero attached hydrogens (tertiary/aromatic N) is 5. The molecule has 0 amide bonds. The second-order valence-corrected chi connectivity index (χ2v) is 13.9. The van der Waals surface area contributed by atoms with E-state index in [1.54, 1.807) is 19.1 Å². The summed E-state index contributed by atoms with van der Waals surface area (Å²) in [7, 11) is -0.806. The Morgan fingerprint density at radius 1 is 1.02 bits per heavy atom. The van der Waals surface area contributed by atoms with Crippen molar-refractivity contribution in [1.82, 2.24) is 23.5 Å². The Morgan fingerprint density at radius 3 is 2.43 bits per heavy atom. The highest BCUT2D eigenvalue weighted by atomic mass is 32.2. The number of nitrogens with one attached hydrogen (secondary N) is 1. The van der Waals surface area contributed by atoms with Gasteiger partial charge in [-0.25, -0.2) is 31.7 Å². The predicted octanol–water partition coefficient (Wildman–Crippen LogP) is 5.37. The normalized spacial score (nSPS) is 21.7. The van der Waals surface area contributed by atoms with Crippen molar-refractivity contribution in [3.63, 3.8) is 0 Å².